The van der Waals surface area contributed by atoms with Gasteiger partial charge in [0.15, 0.2) is 0 Å². The van der Waals surface area contributed by atoms with Gasteiger partial charge in [-0.2, -0.15) is 0 Å². The van der Waals surface area contributed by atoms with E-state index in [1.165, 1.54) is 12.1 Å². The van der Waals surface area contributed by atoms with E-state index in [0.717, 1.165) is 12.1 Å². The van der Waals surface area contributed by atoms with Crippen molar-refractivity contribution in [1.29, 1.82) is 0 Å². The number of likely N-dealkylation sites (tertiary alicyclic amines) is 1. The Hall–Kier alpha value is -2.29. The summed E-state index contributed by atoms with van der Waals surface area (Å²) in [7, 11) is 1.61. The smallest absolute Gasteiger partial charge is 0.406 e. The zero-order chi connectivity index (χ0) is 19.3. The van der Waals surface area contributed by atoms with Crippen LogP contribution in [-0.4, -0.2) is 49.3 Å². The molecule has 0 spiro atoms. The number of nitrogens with zero attached hydrogens (tertiary/aromatic N) is 1. The van der Waals surface area contributed by atoms with Crippen molar-refractivity contribution in [1.82, 2.24) is 10.2 Å². The lowest BCUT2D eigenvalue weighted by atomic mass is 9.95. The molecule has 26 heavy (non-hydrogen) atoms. The monoisotopic (exact) mass is 373 g/mol. The third-order valence-corrected chi connectivity index (χ3v) is 4.43. The van der Waals surface area contributed by atoms with Crippen molar-refractivity contribution in [3.8, 4) is 5.75 Å². The van der Waals surface area contributed by atoms with Crippen LogP contribution in [0.3, 0.4) is 0 Å². The number of piperidine rings is 1. The molecule has 0 aliphatic carbocycles. The molecule has 1 aliphatic rings. The van der Waals surface area contributed by atoms with Gasteiger partial charge in [-0.25, -0.2) is 0 Å². The van der Waals surface area contributed by atoms with Gasteiger partial charge >= 0.3 is 6.36 Å². The number of nitrogens with one attached hydrogen (secondary N) is 2. The van der Waals surface area contributed by atoms with Gasteiger partial charge in [0.1, 0.15) is 5.75 Å². The minimum Gasteiger partial charge on any atom is -0.406 e. The minimum absolute atomic E-state index is 0.0166. The Bertz CT molecular complexity index is 626. The maximum absolute atomic E-state index is 12.4. The molecule has 1 saturated heterocycles. The molecule has 2 N–H and O–H groups in total. The number of hydrogen-bond donors (Lipinski definition) is 2. The van der Waals surface area contributed by atoms with Gasteiger partial charge in [0.2, 0.25) is 11.8 Å². The highest BCUT2D eigenvalue weighted by Crippen LogP contribution is 2.24. The number of carbonyl (C=O) groups is 2. The fourth-order valence-electron chi connectivity index (χ4n) is 2.91. The van der Waals surface area contributed by atoms with E-state index < -0.39 is 12.4 Å². The normalized spacial score (nSPS) is 17.4. The fourth-order valence-corrected chi connectivity index (χ4v) is 2.91. The number of hydrogen-bond acceptors (Lipinski definition) is 4. The molecule has 2 amide bonds. The van der Waals surface area contributed by atoms with Gasteiger partial charge in [0.05, 0.1) is 6.04 Å². The van der Waals surface area contributed by atoms with E-state index in [1.807, 2.05) is 4.90 Å². The number of rotatable bonds is 5. The number of ether oxygens (including phenoxy) is 1. The van der Waals surface area contributed by atoms with Gasteiger partial charge in [0, 0.05) is 18.7 Å². The molecule has 1 heterocycles. The predicted octanol–water partition coefficient (Wildman–Crippen LogP) is 2.37. The zero-order valence-corrected chi connectivity index (χ0v) is 14.6. The molecule has 1 fully saturated rings. The van der Waals surface area contributed by atoms with E-state index >= 15 is 0 Å². The van der Waals surface area contributed by atoms with Crippen molar-refractivity contribution < 1.29 is 27.5 Å². The molecule has 1 unspecified atom stereocenters. The lowest BCUT2D eigenvalue weighted by Crippen LogP contribution is -2.47. The molecule has 0 aromatic heterocycles. The maximum atomic E-state index is 12.4. The maximum Gasteiger partial charge on any atom is 0.573 e. The van der Waals surface area contributed by atoms with Crippen LogP contribution < -0.4 is 15.4 Å². The van der Waals surface area contributed by atoms with E-state index in [-0.39, 0.29) is 23.5 Å². The summed E-state index contributed by atoms with van der Waals surface area (Å²) in [5.74, 6) is -0.622. The number of alkyl halides is 3. The first-order valence-electron chi connectivity index (χ1n) is 8.32. The highest BCUT2D eigenvalue weighted by Gasteiger charge is 2.31. The van der Waals surface area contributed by atoms with Gasteiger partial charge < -0.3 is 15.4 Å². The number of carbonyl (C=O) groups excluding carboxylic acids is 2. The zero-order valence-electron chi connectivity index (χ0n) is 14.6. The molecule has 1 aromatic rings. The van der Waals surface area contributed by atoms with Crippen LogP contribution in [0.4, 0.5) is 18.9 Å². The summed E-state index contributed by atoms with van der Waals surface area (Å²) in [6.45, 7) is 3.02. The molecule has 0 bridgehead atoms. The highest BCUT2D eigenvalue weighted by molar-refractivity contribution is 5.94. The number of amides is 2. The Balaban J connectivity index is 1.86. The van der Waals surface area contributed by atoms with E-state index in [4.69, 9.17) is 0 Å². The third-order valence-electron chi connectivity index (χ3n) is 4.43. The lowest BCUT2D eigenvalue weighted by Gasteiger charge is -2.34. The molecule has 0 saturated carbocycles. The van der Waals surface area contributed by atoms with E-state index in [9.17, 15) is 22.8 Å². The summed E-state index contributed by atoms with van der Waals surface area (Å²) < 4.78 is 40.2. The molecule has 1 aromatic carbocycles. The van der Waals surface area contributed by atoms with Gasteiger partial charge in [-0.05, 0) is 57.1 Å². The predicted molar refractivity (Wildman–Crippen MR) is 89.6 cm³/mol. The topological polar surface area (TPSA) is 70.7 Å². The molecule has 6 nitrogen and oxygen atoms in total. The second-order valence-electron chi connectivity index (χ2n) is 6.16. The summed E-state index contributed by atoms with van der Waals surface area (Å²) in [6, 6.07) is 4.57. The van der Waals surface area contributed by atoms with E-state index in [1.54, 1.807) is 14.0 Å². The van der Waals surface area contributed by atoms with Crippen LogP contribution in [0.2, 0.25) is 0 Å². The van der Waals surface area contributed by atoms with Crippen LogP contribution in [0.5, 0.6) is 5.75 Å². The highest BCUT2D eigenvalue weighted by atomic mass is 19.4. The number of benzene rings is 1. The van der Waals surface area contributed by atoms with Crippen molar-refractivity contribution in [3.63, 3.8) is 0 Å². The van der Waals surface area contributed by atoms with Gasteiger partial charge in [-0.15, -0.1) is 13.2 Å². The van der Waals surface area contributed by atoms with Gasteiger partial charge in [-0.3, -0.25) is 14.5 Å². The first-order valence-corrected chi connectivity index (χ1v) is 8.32. The van der Waals surface area contributed by atoms with Crippen LogP contribution >= 0.6 is 0 Å². The van der Waals surface area contributed by atoms with Crippen molar-refractivity contribution >= 4 is 17.5 Å². The molecule has 2 rings (SSSR count). The minimum atomic E-state index is -4.75. The Morgan fingerprint density at radius 3 is 2.27 bits per heavy atom. The number of halogens is 3. The van der Waals surface area contributed by atoms with Crippen LogP contribution in [0.15, 0.2) is 24.3 Å². The Kier molecular flexibility index (Phi) is 6.47. The van der Waals surface area contributed by atoms with Gasteiger partial charge in [0.25, 0.3) is 0 Å². The SMILES string of the molecule is CNC(=O)C1CCN(C(C)C(=O)Nc2ccc(OC(F)(F)F)cc2)CC1. The first-order chi connectivity index (χ1) is 12.2. The van der Waals surface area contributed by atoms with E-state index in [0.29, 0.717) is 31.6 Å². The van der Waals surface area contributed by atoms with Crippen LogP contribution in [0, 0.1) is 5.92 Å². The summed E-state index contributed by atoms with van der Waals surface area (Å²) in [6.07, 6.45) is -3.39. The van der Waals surface area contributed by atoms with Crippen molar-refractivity contribution in [2.75, 3.05) is 25.5 Å². The molecule has 1 atom stereocenters. The Labute approximate surface area is 149 Å². The molecular formula is C17H22F3N3O3. The lowest BCUT2D eigenvalue weighted by molar-refractivity contribution is -0.274. The molecular weight excluding hydrogens is 351 g/mol. The summed E-state index contributed by atoms with van der Waals surface area (Å²) in [4.78, 5) is 26.0. The first kappa shape index (κ1) is 20.0. The standard InChI is InChI=1S/C17H22F3N3O3/c1-11(23-9-7-12(8-10-23)16(25)21-2)15(24)22-13-3-5-14(6-4-13)26-17(18,19)20/h3-6,11-12H,7-10H2,1-2H3,(H,21,25)(H,22,24). The van der Waals surface area contributed by atoms with Gasteiger partial charge in [-0.1, -0.05) is 0 Å². The summed E-state index contributed by atoms with van der Waals surface area (Å²) in [5, 5.41) is 5.31. The molecule has 0 radical (unpaired) electrons. The summed E-state index contributed by atoms with van der Waals surface area (Å²) >= 11 is 0. The summed E-state index contributed by atoms with van der Waals surface area (Å²) in [5.41, 5.74) is 0.386. The molecule has 9 heteroatoms. The van der Waals surface area contributed by atoms with Crippen molar-refractivity contribution in [2.45, 2.75) is 32.2 Å². The Morgan fingerprint density at radius 1 is 1.19 bits per heavy atom. The van der Waals surface area contributed by atoms with Crippen LogP contribution in [-0.2, 0) is 9.59 Å². The van der Waals surface area contributed by atoms with Crippen LogP contribution in [0.25, 0.3) is 0 Å². The Morgan fingerprint density at radius 2 is 1.77 bits per heavy atom. The quantitative estimate of drug-likeness (QED) is 0.831. The second kappa shape index (κ2) is 8.39. The molecule has 144 valence electrons. The second-order valence-corrected chi connectivity index (χ2v) is 6.16. The van der Waals surface area contributed by atoms with Crippen molar-refractivity contribution in [3.05, 3.63) is 24.3 Å². The largest absolute Gasteiger partial charge is 0.573 e. The average Bonchev–Trinajstić information content (AvgIpc) is 2.61. The number of anilines is 1. The average molecular weight is 373 g/mol. The van der Waals surface area contributed by atoms with Crippen LogP contribution in [0.1, 0.15) is 19.8 Å². The third kappa shape index (κ3) is 5.62. The fraction of sp³-hybridized carbons (Fsp3) is 0.529. The van der Waals surface area contributed by atoms with Crippen molar-refractivity contribution in [2.24, 2.45) is 5.92 Å². The molecule has 1 aliphatic heterocycles. The van der Waals surface area contributed by atoms with E-state index in [2.05, 4.69) is 15.4 Å².